The molecule has 0 aliphatic heterocycles. The maximum Gasteiger partial charge on any atom is 0.157 e. The Morgan fingerprint density at radius 2 is 2.20 bits per heavy atom. The third-order valence-electron chi connectivity index (χ3n) is 2.50. The summed E-state index contributed by atoms with van der Waals surface area (Å²) in [7, 11) is 0. The molecule has 84 valence electrons. The molecule has 1 rings (SSSR count). The van der Waals surface area contributed by atoms with Crippen molar-refractivity contribution in [3.8, 4) is 0 Å². The van der Waals surface area contributed by atoms with Gasteiger partial charge in [0, 0.05) is 16.7 Å². The quantitative estimate of drug-likeness (QED) is 0.538. The van der Waals surface area contributed by atoms with Gasteiger partial charge in [0.15, 0.2) is 5.78 Å². The maximum atomic E-state index is 11.7. The summed E-state index contributed by atoms with van der Waals surface area (Å²) in [5, 5.41) is 0. The molecule has 0 aromatic rings. The fourth-order valence-electron chi connectivity index (χ4n) is 1.70. The van der Waals surface area contributed by atoms with Crippen molar-refractivity contribution in [3.63, 3.8) is 0 Å². The molecule has 0 N–H and O–H groups in total. The number of hydrogen-bond acceptors (Lipinski definition) is 3. The van der Waals surface area contributed by atoms with Gasteiger partial charge in [0.1, 0.15) is 0 Å². The van der Waals surface area contributed by atoms with E-state index in [4.69, 9.17) is 0 Å². The Morgan fingerprint density at radius 1 is 1.47 bits per heavy atom. The van der Waals surface area contributed by atoms with E-state index in [2.05, 4.69) is 12.2 Å². The van der Waals surface area contributed by atoms with E-state index in [0.29, 0.717) is 12.3 Å². The second-order valence-electron chi connectivity index (χ2n) is 3.66. The molecule has 15 heavy (non-hydrogen) atoms. The highest BCUT2D eigenvalue weighted by Crippen LogP contribution is 2.25. The van der Waals surface area contributed by atoms with Gasteiger partial charge in [-0.05, 0) is 37.7 Å². The summed E-state index contributed by atoms with van der Waals surface area (Å²) in [6, 6.07) is 0. The van der Waals surface area contributed by atoms with Gasteiger partial charge < -0.3 is 0 Å². The predicted molar refractivity (Wildman–Crippen MR) is 71.2 cm³/mol. The standard InChI is InChI=1S/C12H18OS2/c1-14-12(15-2)9-11(13)8-10-6-4-3-5-7-10/h4,6,9-10H,3,5,7-8H2,1-2H3. The Balaban J connectivity index is 2.44. The molecule has 0 aromatic heterocycles. The molecule has 0 saturated heterocycles. The van der Waals surface area contributed by atoms with Crippen molar-refractivity contribution in [1.82, 2.24) is 0 Å². The van der Waals surface area contributed by atoms with Crippen LogP contribution in [-0.4, -0.2) is 18.3 Å². The lowest BCUT2D eigenvalue weighted by atomic mass is 9.91. The van der Waals surface area contributed by atoms with Gasteiger partial charge in [0.2, 0.25) is 0 Å². The Kier molecular flexibility index (Phi) is 6.18. The van der Waals surface area contributed by atoms with Crippen LogP contribution in [0.2, 0.25) is 0 Å². The number of allylic oxidation sites excluding steroid dienone is 3. The average molecular weight is 242 g/mol. The third kappa shape index (κ3) is 4.94. The number of ketones is 1. The van der Waals surface area contributed by atoms with E-state index < -0.39 is 0 Å². The van der Waals surface area contributed by atoms with Crippen LogP contribution in [0.3, 0.4) is 0 Å². The van der Waals surface area contributed by atoms with Crippen LogP contribution in [0.25, 0.3) is 0 Å². The van der Waals surface area contributed by atoms with Crippen LogP contribution in [0.5, 0.6) is 0 Å². The third-order valence-corrected chi connectivity index (χ3v) is 4.54. The van der Waals surface area contributed by atoms with E-state index >= 15 is 0 Å². The number of hydrogen-bond donors (Lipinski definition) is 0. The molecule has 3 heteroatoms. The Labute approximate surface area is 101 Å². The molecule has 1 aliphatic carbocycles. The zero-order valence-corrected chi connectivity index (χ0v) is 11.0. The van der Waals surface area contributed by atoms with E-state index in [1.54, 1.807) is 29.6 Å². The van der Waals surface area contributed by atoms with Crippen LogP contribution in [0, 0.1) is 5.92 Å². The van der Waals surface area contributed by atoms with Crippen molar-refractivity contribution in [2.45, 2.75) is 25.7 Å². The van der Waals surface area contributed by atoms with Crippen molar-refractivity contribution in [3.05, 3.63) is 22.5 Å². The molecule has 1 nitrogen and oxygen atoms in total. The molecule has 0 fully saturated rings. The molecular weight excluding hydrogens is 224 g/mol. The molecule has 0 saturated carbocycles. The first-order valence-electron chi connectivity index (χ1n) is 5.25. The highest BCUT2D eigenvalue weighted by atomic mass is 32.2. The first-order valence-corrected chi connectivity index (χ1v) is 7.70. The molecule has 0 aromatic carbocycles. The first kappa shape index (κ1) is 12.9. The lowest BCUT2D eigenvalue weighted by molar-refractivity contribution is -0.115. The van der Waals surface area contributed by atoms with Crippen molar-refractivity contribution in [1.29, 1.82) is 0 Å². The summed E-state index contributed by atoms with van der Waals surface area (Å²) >= 11 is 3.29. The predicted octanol–water partition coefficient (Wildman–Crippen LogP) is 3.87. The van der Waals surface area contributed by atoms with E-state index in [-0.39, 0.29) is 5.78 Å². The van der Waals surface area contributed by atoms with Crippen molar-refractivity contribution in [2.75, 3.05) is 12.5 Å². The fourth-order valence-corrected chi connectivity index (χ4v) is 2.87. The first-order chi connectivity index (χ1) is 7.26. The minimum atomic E-state index is 0.269. The Morgan fingerprint density at radius 3 is 2.73 bits per heavy atom. The molecule has 0 spiro atoms. The zero-order chi connectivity index (χ0) is 11.1. The van der Waals surface area contributed by atoms with E-state index in [9.17, 15) is 4.79 Å². The Hall–Kier alpha value is -0.150. The van der Waals surface area contributed by atoms with Gasteiger partial charge in [-0.2, -0.15) is 0 Å². The number of rotatable bonds is 5. The average Bonchev–Trinajstić information content (AvgIpc) is 2.27. The number of carbonyl (C=O) groups is 1. The van der Waals surface area contributed by atoms with Gasteiger partial charge in [-0.3, -0.25) is 4.79 Å². The summed E-state index contributed by atoms with van der Waals surface area (Å²) < 4.78 is 1.11. The molecule has 0 radical (unpaired) electrons. The number of carbonyl (C=O) groups excluding carboxylic acids is 1. The topological polar surface area (TPSA) is 17.1 Å². The summed E-state index contributed by atoms with van der Waals surface area (Å²) in [5.74, 6) is 0.748. The maximum absolute atomic E-state index is 11.7. The second kappa shape index (κ2) is 7.18. The summed E-state index contributed by atoms with van der Waals surface area (Å²) in [5.41, 5.74) is 0. The zero-order valence-electron chi connectivity index (χ0n) is 9.36. The van der Waals surface area contributed by atoms with Gasteiger partial charge in [-0.15, -0.1) is 23.5 Å². The van der Waals surface area contributed by atoms with Crippen molar-refractivity contribution in [2.24, 2.45) is 5.92 Å². The SMILES string of the molecule is CSC(=CC(=O)CC1C=CCCC1)SC. The molecule has 1 aliphatic rings. The fraction of sp³-hybridized carbons (Fsp3) is 0.583. The van der Waals surface area contributed by atoms with Crippen LogP contribution in [0.1, 0.15) is 25.7 Å². The minimum absolute atomic E-state index is 0.269. The summed E-state index contributed by atoms with van der Waals surface area (Å²) in [6.07, 6.45) is 14.5. The Bertz CT molecular complexity index is 263. The smallest absolute Gasteiger partial charge is 0.157 e. The lowest BCUT2D eigenvalue weighted by Gasteiger charge is -2.14. The van der Waals surface area contributed by atoms with Gasteiger partial charge in [0.25, 0.3) is 0 Å². The van der Waals surface area contributed by atoms with Gasteiger partial charge >= 0.3 is 0 Å². The molecule has 1 atom stereocenters. The number of thioether (sulfide) groups is 2. The second-order valence-corrected chi connectivity index (χ2v) is 5.62. The monoisotopic (exact) mass is 242 g/mol. The van der Waals surface area contributed by atoms with E-state index in [0.717, 1.165) is 4.24 Å². The normalized spacial score (nSPS) is 20.0. The van der Waals surface area contributed by atoms with Crippen LogP contribution in [0.15, 0.2) is 22.5 Å². The van der Waals surface area contributed by atoms with Gasteiger partial charge in [-0.1, -0.05) is 12.2 Å². The van der Waals surface area contributed by atoms with E-state index in [1.807, 2.05) is 12.5 Å². The van der Waals surface area contributed by atoms with Crippen molar-refractivity contribution >= 4 is 29.3 Å². The highest BCUT2D eigenvalue weighted by molar-refractivity contribution is 8.21. The lowest BCUT2D eigenvalue weighted by Crippen LogP contribution is -2.06. The largest absolute Gasteiger partial charge is 0.295 e. The van der Waals surface area contributed by atoms with Crippen LogP contribution in [-0.2, 0) is 4.79 Å². The molecule has 1 unspecified atom stereocenters. The molecule has 0 amide bonds. The molecular formula is C12H18OS2. The summed E-state index contributed by atoms with van der Waals surface area (Å²) in [6.45, 7) is 0. The molecule has 0 bridgehead atoms. The molecule has 0 heterocycles. The van der Waals surface area contributed by atoms with Crippen LogP contribution < -0.4 is 0 Å². The van der Waals surface area contributed by atoms with Crippen molar-refractivity contribution < 1.29 is 4.79 Å². The van der Waals surface area contributed by atoms with E-state index in [1.165, 1.54) is 19.3 Å². The van der Waals surface area contributed by atoms with Gasteiger partial charge in [-0.25, -0.2) is 0 Å². The van der Waals surface area contributed by atoms with Gasteiger partial charge in [0.05, 0.1) is 0 Å². The minimum Gasteiger partial charge on any atom is -0.295 e. The highest BCUT2D eigenvalue weighted by Gasteiger charge is 2.12. The van der Waals surface area contributed by atoms with Crippen LogP contribution >= 0.6 is 23.5 Å². The van der Waals surface area contributed by atoms with Crippen LogP contribution in [0.4, 0.5) is 0 Å². The summed E-state index contributed by atoms with van der Waals surface area (Å²) in [4.78, 5) is 11.7.